The molecule has 0 bridgehead atoms. The molecular formula is C17H20N4O. The van der Waals surface area contributed by atoms with E-state index in [1.165, 1.54) is 30.4 Å². The number of fused-ring (bicyclic) bond motifs is 2. The SMILES string of the molecule is Cn1cc(NC(=O)NC[C@H]2C[C@@]23CCc2ccccc23)cn1. The van der Waals surface area contributed by atoms with Crippen LogP contribution in [0.2, 0.25) is 0 Å². The number of rotatable bonds is 3. The number of hydrogen-bond donors (Lipinski definition) is 2. The topological polar surface area (TPSA) is 59.0 Å². The van der Waals surface area contributed by atoms with E-state index in [1.807, 2.05) is 7.05 Å². The van der Waals surface area contributed by atoms with Gasteiger partial charge in [-0.05, 0) is 36.3 Å². The Hall–Kier alpha value is -2.30. The second-order valence-electron chi connectivity index (χ2n) is 6.45. The normalized spacial score (nSPS) is 25.0. The molecule has 2 aliphatic carbocycles. The molecule has 0 unspecified atom stereocenters. The van der Waals surface area contributed by atoms with Gasteiger partial charge >= 0.3 is 6.03 Å². The Morgan fingerprint density at radius 2 is 2.32 bits per heavy atom. The summed E-state index contributed by atoms with van der Waals surface area (Å²) in [6, 6.07) is 8.60. The monoisotopic (exact) mass is 296 g/mol. The van der Waals surface area contributed by atoms with Gasteiger partial charge in [0.2, 0.25) is 0 Å². The Morgan fingerprint density at radius 1 is 1.45 bits per heavy atom. The number of nitrogens with one attached hydrogen (secondary N) is 2. The zero-order valence-corrected chi connectivity index (χ0v) is 12.7. The lowest BCUT2D eigenvalue weighted by atomic mass is 9.95. The molecule has 2 aliphatic rings. The number of aromatic nitrogens is 2. The van der Waals surface area contributed by atoms with E-state index in [9.17, 15) is 4.79 Å². The summed E-state index contributed by atoms with van der Waals surface area (Å²) < 4.78 is 1.67. The van der Waals surface area contributed by atoms with E-state index in [-0.39, 0.29) is 6.03 Å². The molecule has 2 amide bonds. The number of amides is 2. The molecule has 1 saturated carbocycles. The van der Waals surface area contributed by atoms with E-state index >= 15 is 0 Å². The highest BCUT2D eigenvalue weighted by Gasteiger charge is 2.57. The molecule has 1 spiro atoms. The molecule has 1 aromatic heterocycles. The lowest BCUT2D eigenvalue weighted by Crippen LogP contribution is -2.31. The van der Waals surface area contributed by atoms with Crippen LogP contribution in [0, 0.1) is 5.92 Å². The average molecular weight is 296 g/mol. The molecule has 22 heavy (non-hydrogen) atoms. The lowest BCUT2D eigenvalue weighted by molar-refractivity contribution is 0.251. The van der Waals surface area contributed by atoms with Gasteiger partial charge in [0, 0.05) is 25.2 Å². The van der Waals surface area contributed by atoms with Gasteiger partial charge in [-0.3, -0.25) is 4.68 Å². The summed E-state index contributed by atoms with van der Waals surface area (Å²) in [7, 11) is 1.83. The van der Waals surface area contributed by atoms with Crippen LogP contribution in [-0.2, 0) is 18.9 Å². The van der Waals surface area contributed by atoms with Crippen LogP contribution in [0.3, 0.4) is 0 Å². The van der Waals surface area contributed by atoms with E-state index in [0.29, 0.717) is 11.3 Å². The maximum atomic E-state index is 11.9. The molecule has 5 nitrogen and oxygen atoms in total. The van der Waals surface area contributed by atoms with E-state index in [1.54, 1.807) is 17.1 Å². The number of carbonyl (C=O) groups is 1. The van der Waals surface area contributed by atoms with E-state index in [0.717, 1.165) is 12.2 Å². The standard InChI is InChI=1S/C17H20N4O/c1-21-11-14(10-19-21)20-16(22)18-9-13-8-17(13)7-6-12-4-2-3-5-15(12)17/h2-5,10-11,13H,6-9H2,1H3,(H2,18,20,22)/t13-,17+/m1/s1. The quantitative estimate of drug-likeness (QED) is 0.914. The van der Waals surface area contributed by atoms with Crippen molar-refractivity contribution in [2.24, 2.45) is 13.0 Å². The molecule has 0 saturated heterocycles. The van der Waals surface area contributed by atoms with Crippen LogP contribution in [0.25, 0.3) is 0 Å². The summed E-state index contributed by atoms with van der Waals surface area (Å²) in [5.74, 6) is 0.566. The Balaban J connectivity index is 1.34. The fourth-order valence-electron chi connectivity index (χ4n) is 3.88. The van der Waals surface area contributed by atoms with Crippen molar-refractivity contribution in [3.05, 3.63) is 47.8 Å². The Kier molecular flexibility index (Phi) is 2.96. The van der Waals surface area contributed by atoms with E-state index in [4.69, 9.17) is 0 Å². The predicted octanol–water partition coefficient (Wildman–Crippen LogP) is 2.45. The number of nitrogens with zero attached hydrogens (tertiary/aromatic N) is 2. The van der Waals surface area contributed by atoms with Crippen molar-refractivity contribution in [2.75, 3.05) is 11.9 Å². The Bertz CT molecular complexity index is 723. The van der Waals surface area contributed by atoms with Gasteiger partial charge < -0.3 is 10.6 Å². The van der Waals surface area contributed by atoms with Crippen molar-refractivity contribution in [3.63, 3.8) is 0 Å². The van der Waals surface area contributed by atoms with Crippen LogP contribution >= 0.6 is 0 Å². The first-order chi connectivity index (χ1) is 10.7. The maximum absolute atomic E-state index is 11.9. The summed E-state index contributed by atoms with van der Waals surface area (Å²) in [5.41, 5.74) is 4.05. The highest BCUT2D eigenvalue weighted by Crippen LogP contribution is 2.61. The second-order valence-corrected chi connectivity index (χ2v) is 6.45. The fourth-order valence-corrected chi connectivity index (χ4v) is 3.88. The first kappa shape index (κ1) is 13.4. The third kappa shape index (κ3) is 2.17. The highest BCUT2D eigenvalue weighted by atomic mass is 16.2. The molecule has 1 aromatic carbocycles. The summed E-state index contributed by atoms with van der Waals surface area (Å²) in [4.78, 5) is 11.9. The third-order valence-corrected chi connectivity index (χ3v) is 5.10. The molecule has 0 aliphatic heterocycles. The van der Waals surface area contributed by atoms with Crippen molar-refractivity contribution in [1.29, 1.82) is 0 Å². The highest BCUT2D eigenvalue weighted by molar-refractivity contribution is 5.88. The molecule has 4 rings (SSSR count). The van der Waals surface area contributed by atoms with E-state index < -0.39 is 0 Å². The molecule has 114 valence electrons. The molecule has 0 radical (unpaired) electrons. The van der Waals surface area contributed by atoms with Crippen LogP contribution in [-0.4, -0.2) is 22.4 Å². The summed E-state index contributed by atoms with van der Waals surface area (Å²) in [5, 5.41) is 9.84. The summed E-state index contributed by atoms with van der Waals surface area (Å²) >= 11 is 0. The first-order valence-electron chi connectivity index (χ1n) is 7.79. The van der Waals surface area contributed by atoms with Gasteiger partial charge in [0.25, 0.3) is 0 Å². The zero-order chi connectivity index (χ0) is 15.2. The number of benzene rings is 1. The van der Waals surface area contributed by atoms with Crippen LogP contribution in [0.1, 0.15) is 24.0 Å². The Labute approximate surface area is 129 Å². The minimum atomic E-state index is -0.152. The molecule has 1 fully saturated rings. The van der Waals surface area contributed by atoms with Gasteiger partial charge in [-0.1, -0.05) is 24.3 Å². The number of urea groups is 1. The predicted molar refractivity (Wildman–Crippen MR) is 84.8 cm³/mol. The number of aryl methyl sites for hydroxylation is 2. The fraction of sp³-hybridized carbons (Fsp3) is 0.412. The van der Waals surface area contributed by atoms with Crippen molar-refractivity contribution in [2.45, 2.75) is 24.7 Å². The van der Waals surface area contributed by atoms with Crippen molar-refractivity contribution in [3.8, 4) is 0 Å². The Morgan fingerprint density at radius 3 is 3.14 bits per heavy atom. The van der Waals surface area contributed by atoms with Gasteiger partial charge in [0.05, 0.1) is 11.9 Å². The second kappa shape index (κ2) is 4.87. The zero-order valence-electron chi connectivity index (χ0n) is 12.7. The smallest absolute Gasteiger partial charge is 0.319 e. The van der Waals surface area contributed by atoms with Crippen molar-refractivity contribution >= 4 is 11.7 Å². The van der Waals surface area contributed by atoms with Crippen LogP contribution in [0.15, 0.2) is 36.7 Å². The molecule has 2 atom stereocenters. The molecule has 5 heteroatoms. The first-order valence-corrected chi connectivity index (χ1v) is 7.79. The van der Waals surface area contributed by atoms with Gasteiger partial charge in [-0.2, -0.15) is 5.10 Å². The van der Waals surface area contributed by atoms with Gasteiger partial charge in [0.15, 0.2) is 0 Å². The number of carbonyl (C=O) groups excluding carboxylic acids is 1. The number of anilines is 1. The average Bonchev–Trinajstić information content (AvgIpc) is 2.87. The van der Waals surface area contributed by atoms with Crippen molar-refractivity contribution in [1.82, 2.24) is 15.1 Å². The number of hydrogen-bond acceptors (Lipinski definition) is 2. The minimum absolute atomic E-state index is 0.152. The van der Waals surface area contributed by atoms with Gasteiger partial charge in [-0.25, -0.2) is 4.79 Å². The van der Waals surface area contributed by atoms with Crippen LogP contribution < -0.4 is 10.6 Å². The maximum Gasteiger partial charge on any atom is 0.319 e. The van der Waals surface area contributed by atoms with E-state index in [2.05, 4.69) is 40.0 Å². The summed E-state index contributed by atoms with van der Waals surface area (Å²) in [6.45, 7) is 0.737. The minimum Gasteiger partial charge on any atom is -0.338 e. The molecular weight excluding hydrogens is 276 g/mol. The van der Waals surface area contributed by atoms with Crippen molar-refractivity contribution < 1.29 is 4.79 Å². The lowest BCUT2D eigenvalue weighted by Gasteiger charge is -2.12. The van der Waals surface area contributed by atoms with Gasteiger partial charge in [-0.15, -0.1) is 0 Å². The molecule has 1 heterocycles. The summed E-state index contributed by atoms with van der Waals surface area (Å²) in [6.07, 6.45) is 7.02. The molecule has 2 N–H and O–H groups in total. The third-order valence-electron chi connectivity index (χ3n) is 5.10. The molecule has 2 aromatic rings. The van der Waals surface area contributed by atoms with Gasteiger partial charge in [0.1, 0.15) is 0 Å². The van der Waals surface area contributed by atoms with Crippen LogP contribution in [0.5, 0.6) is 0 Å². The van der Waals surface area contributed by atoms with Crippen LogP contribution in [0.4, 0.5) is 10.5 Å². The largest absolute Gasteiger partial charge is 0.338 e.